The van der Waals surface area contributed by atoms with E-state index in [0.29, 0.717) is 33.3 Å². The minimum absolute atomic E-state index is 0.0516. The molecule has 0 unspecified atom stereocenters. The molecule has 1 aliphatic rings. The van der Waals surface area contributed by atoms with E-state index >= 15 is 0 Å². The van der Waals surface area contributed by atoms with E-state index in [2.05, 4.69) is 5.32 Å². The second-order valence-corrected chi connectivity index (χ2v) is 13.9. The fourth-order valence-corrected chi connectivity index (χ4v) is 7.47. The summed E-state index contributed by atoms with van der Waals surface area (Å²) < 4.78 is 29.5. The molecule has 43 heavy (non-hydrogen) atoms. The summed E-state index contributed by atoms with van der Waals surface area (Å²) in [6, 6.07) is 16.3. The number of halogens is 2. The molecule has 3 aromatic carbocycles. The van der Waals surface area contributed by atoms with Gasteiger partial charge < -0.3 is 10.2 Å². The van der Waals surface area contributed by atoms with Crippen LogP contribution in [0, 0.1) is 20.8 Å². The molecule has 0 bridgehead atoms. The summed E-state index contributed by atoms with van der Waals surface area (Å²) in [6.07, 6.45) is 4.19. The third-order valence-electron chi connectivity index (χ3n) is 8.00. The lowest BCUT2D eigenvalue weighted by molar-refractivity contribution is -0.140. The number of sulfonamides is 1. The molecule has 1 aliphatic carbocycles. The normalized spacial score (nSPS) is 14.4. The molecule has 3 aromatic rings. The molecule has 0 spiro atoms. The van der Waals surface area contributed by atoms with Crippen LogP contribution in [0.2, 0.25) is 10.0 Å². The van der Waals surface area contributed by atoms with Gasteiger partial charge in [-0.15, -0.1) is 0 Å². The lowest BCUT2D eigenvalue weighted by Crippen LogP contribution is -2.53. The lowest BCUT2D eigenvalue weighted by Gasteiger charge is -2.34. The second-order valence-electron chi connectivity index (χ2n) is 11.3. The molecule has 7 nitrogen and oxygen atoms in total. The number of anilines is 1. The molecule has 10 heteroatoms. The highest BCUT2D eigenvalue weighted by Gasteiger charge is 2.35. The van der Waals surface area contributed by atoms with Crippen molar-refractivity contribution < 1.29 is 18.0 Å². The van der Waals surface area contributed by atoms with Gasteiger partial charge in [-0.1, -0.05) is 78.9 Å². The van der Waals surface area contributed by atoms with Crippen LogP contribution in [-0.4, -0.2) is 43.8 Å². The maximum Gasteiger partial charge on any atom is 0.264 e. The molecule has 0 aliphatic heterocycles. The van der Waals surface area contributed by atoms with Crippen molar-refractivity contribution in [1.29, 1.82) is 0 Å². The van der Waals surface area contributed by atoms with Gasteiger partial charge in [-0.25, -0.2) is 8.42 Å². The van der Waals surface area contributed by atoms with E-state index in [-0.39, 0.29) is 23.4 Å². The fraction of sp³-hybridized carbons (Fsp3) is 0.394. The van der Waals surface area contributed by atoms with Crippen molar-refractivity contribution in [2.75, 3.05) is 10.8 Å². The number of amides is 2. The van der Waals surface area contributed by atoms with Crippen LogP contribution in [0.3, 0.4) is 0 Å². The number of carbonyl (C=O) groups excluding carboxylic acids is 2. The predicted octanol–water partition coefficient (Wildman–Crippen LogP) is 6.98. The number of nitrogens with one attached hydrogen (secondary N) is 1. The zero-order chi connectivity index (χ0) is 31.3. The summed E-state index contributed by atoms with van der Waals surface area (Å²) in [5.41, 5.74) is 3.34. The first kappa shape index (κ1) is 32.8. The van der Waals surface area contributed by atoms with Gasteiger partial charge in [0.2, 0.25) is 11.8 Å². The van der Waals surface area contributed by atoms with Crippen molar-refractivity contribution in [3.8, 4) is 0 Å². The summed E-state index contributed by atoms with van der Waals surface area (Å²) in [5.74, 6) is -0.813. The van der Waals surface area contributed by atoms with E-state index < -0.39 is 28.5 Å². The summed E-state index contributed by atoms with van der Waals surface area (Å²) in [7, 11) is -4.17. The molecule has 0 radical (unpaired) electrons. The van der Waals surface area contributed by atoms with Gasteiger partial charge in [-0.05, 0) is 81.5 Å². The summed E-state index contributed by atoms with van der Waals surface area (Å²) in [4.78, 5) is 29.5. The highest BCUT2D eigenvalue weighted by atomic mass is 35.5. The summed E-state index contributed by atoms with van der Waals surface area (Å²) >= 11 is 13.0. The molecular formula is C33H39Cl2N3O4S. The zero-order valence-electron chi connectivity index (χ0n) is 25.1. The Bertz CT molecular complexity index is 1550. The van der Waals surface area contributed by atoms with E-state index in [0.717, 1.165) is 41.1 Å². The van der Waals surface area contributed by atoms with Crippen LogP contribution in [0.25, 0.3) is 0 Å². The number of hydrogen-bond acceptors (Lipinski definition) is 4. The van der Waals surface area contributed by atoms with Crippen LogP contribution >= 0.6 is 23.2 Å². The average Bonchev–Trinajstić information content (AvgIpc) is 3.47. The van der Waals surface area contributed by atoms with Crippen molar-refractivity contribution in [1.82, 2.24) is 10.2 Å². The van der Waals surface area contributed by atoms with Gasteiger partial charge in [0.15, 0.2) is 0 Å². The molecule has 4 rings (SSSR count). The maximum atomic E-state index is 14.4. The standard InChI is InChI=1S/C33H39Cl2N3O4S/c1-5-30(33(40)36-25-9-6-7-10-25)37(20-27-28(34)11-8-12-29(27)35)32(39)21-38(31-19-23(3)13-16-24(31)4)43(41,42)26-17-14-22(2)15-18-26/h8,11-19,25,30H,5-7,9-10,20-21H2,1-4H3,(H,36,40)/t30-/m1/s1. The van der Waals surface area contributed by atoms with Crippen molar-refractivity contribution >= 4 is 50.7 Å². The molecule has 0 saturated heterocycles. The number of nitrogens with zero attached hydrogens (tertiary/aromatic N) is 2. The molecule has 1 fully saturated rings. The van der Waals surface area contributed by atoms with E-state index in [1.165, 1.54) is 4.90 Å². The predicted molar refractivity (Wildman–Crippen MR) is 173 cm³/mol. The molecule has 2 amide bonds. The Hall–Kier alpha value is -3.07. The number of rotatable bonds is 11. The van der Waals surface area contributed by atoms with Crippen molar-refractivity contribution in [2.45, 2.75) is 83.3 Å². The van der Waals surface area contributed by atoms with Crippen LogP contribution in [0.5, 0.6) is 0 Å². The largest absolute Gasteiger partial charge is 0.352 e. The Labute approximate surface area is 265 Å². The maximum absolute atomic E-state index is 14.4. The Balaban J connectivity index is 1.78. The van der Waals surface area contributed by atoms with Crippen LogP contribution < -0.4 is 9.62 Å². The van der Waals surface area contributed by atoms with Gasteiger partial charge >= 0.3 is 0 Å². The summed E-state index contributed by atoms with van der Waals surface area (Å²) in [6.45, 7) is 6.81. The van der Waals surface area contributed by atoms with Gasteiger partial charge in [0.1, 0.15) is 12.6 Å². The first-order valence-electron chi connectivity index (χ1n) is 14.6. The van der Waals surface area contributed by atoms with Crippen molar-refractivity contribution in [3.63, 3.8) is 0 Å². The van der Waals surface area contributed by atoms with Gasteiger partial charge in [0, 0.05) is 28.2 Å². The quantitative estimate of drug-likeness (QED) is 0.244. The van der Waals surface area contributed by atoms with Crippen molar-refractivity contribution in [3.05, 3.63) is 93.0 Å². The highest BCUT2D eigenvalue weighted by Crippen LogP contribution is 2.31. The molecule has 230 valence electrons. The minimum atomic E-state index is -4.17. The molecule has 1 atom stereocenters. The molecule has 1 N–H and O–H groups in total. The summed E-state index contributed by atoms with van der Waals surface area (Å²) in [5, 5.41) is 3.83. The van der Waals surface area contributed by atoms with E-state index in [1.54, 1.807) is 48.5 Å². The highest BCUT2D eigenvalue weighted by molar-refractivity contribution is 7.92. The third-order valence-corrected chi connectivity index (χ3v) is 10.5. The lowest BCUT2D eigenvalue weighted by atomic mass is 10.1. The first-order valence-corrected chi connectivity index (χ1v) is 16.8. The minimum Gasteiger partial charge on any atom is -0.352 e. The monoisotopic (exact) mass is 643 g/mol. The molecule has 0 heterocycles. The number of benzene rings is 3. The van der Waals surface area contributed by atoms with E-state index in [1.807, 2.05) is 39.8 Å². The van der Waals surface area contributed by atoms with E-state index in [4.69, 9.17) is 23.2 Å². The number of carbonyl (C=O) groups is 2. The van der Waals surface area contributed by atoms with Crippen LogP contribution in [0.4, 0.5) is 5.69 Å². The SMILES string of the molecule is CC[C@H](C(=O)NC1CCCC1)N(Cc1c(Cl)cccc1Cl)C(=O)CN(c1cc(C)ccc1C)S(=O)(=O)c1ccc(C)cc1. The van der Waals surface area contributed by atoms with Crippen LogP contribution in [0.15, 0.2) is 65.6 Å². The molecule has 0 aromatic heterocycles. The Morgan fingerprint density at radius 3 is 2.14 bits per heavy atom. The average molecular weight is 645 g/mol. The molecular weight excluding hydrogens is 605 g/mol. The number of aryl methyl sites for hydroxylation is 3. The first-order chi connectivity index (χ1) is 20.4. The fourth-order valence-electron chi connectivity index (χ4n) is 5.48. The van der Waals surface area contributed by atoms with Gasteiger partial charge in [0.25, 0.3) is 10.0 Å². The number of hydrogen-bond donors (Lipinski definition) is 1. The smallest absolute Gasteiger partial charge is 0.264 e. The van der Waals surface area contributed by atoms with Crippen molar-refractivity contribution in [2.24, 2.45) is 0 Å². The molecule has 1 saturated carbocycles. The van der Waals surface area contributed by atoms with Crippen LogP contribution in [0.1, 0.15) is 61.3 Å². The van der Waals surface area contributed by atoms with E-state index in [9.17, 15) is 18.0 Å². The Kier molecular flexibility index (Phi) is 10.8. The topological polar surface area (TPSA) is 86.8 Å². The third kappa shape index (κ3) is 7.72. The Morgan fingerprint density at radius 1 is 0.930 bits per heavy atom. The van der Waals surface area contributed by atoms with Crippen LogP contribution in [-0.2, 0) is 26.2 Å². The van der Waals surface area contributed by atoms with Gasteiger partial charge in [-0.2, -0.15) is 0 Å². The van der Waals surface area contributed by atoms with Gasteiger partial charge in [-0.3, -0.25) is 13.9 Å². The second kappa shape index (κ2) is 14.1. The van der Waals surface area contributed by atoms with Gasteiger partial charge in [0.05, 0.1) is 10.6 Å². The Morgan fingerprint density at radius 2 is 1.53 bits per heavy atom. The zero-order valence-corrected chi connectivity index (χ0v) is 27.4.